The highest BCUT2D eigenvalue weighted by Gasteiger charge is 2.14. The maximum atomic E-state index is 11.6. The first-order valence-corrected chi connectivity index (χ1v) is 5.97. The molecule has 2 rings (SSSR count). The van der Waals surface area contributed by atoms with Crippen molar-refractivity contribution in [1.82, 2.24) is 14.8 Å². The van der Waals surface area contributed by atoms with Crippen molar-refractivity contribution in [3.05, 3.63) is 35.1 Å². The van der Waals surface area contributed by atoms with E-state index in [9.17, 15) is 4.79 Å². The molecular weight excluding hydrogens is 270 g/mol. The highest BCUT2D eigenvalue weighted by molar-refractivity contribution is 6.32. The number of aromatic nitrogens is 3. The van der Waals surface area contributed by atoms with Crippen molar-refractivity contribution in [1.29, 1.82) is 0 Å². The molecule has 2 heterocycles. The minimum Gasteiger partial charge on any atom is -0.480 e. The van der Waals surface area contributed by atoms with E-state index in [4.69, 9.17) is 21.1 Å². The molecule has 2 aromatic heterocycles. The Balaban J connectivity index is 2.30. The maximum absolute atomic E-state index is 11.6. The Morgan fingerprint density at radius 3 is 2.79 bits per heavy atom. The molecule has 100 valence electrons. The Morgan fingerprint density at radius 2 is 2.21 bits per heavy atom. The summed E-state index contributed by atoms with van der Waals surface area (Å²) in [5.74, 6) is 0.457. The average Bonchev–Trinajstić information content (AvgIpc) is 2.87. The lowest BCUT2D eigenvalue weighted by molar-refractivity contribution is 0.0526. The molecule has 2 aromatic rings. The standard InChI is InChI=1S/C12H12ClN3O3/c1-3-19-12(17)8-4-5-9(14-11(8)13)16-7-6-10(15-16)18-2/h4-7H,3H2,1-2H3. The number of esters is 1. The Bertz CT molecular complexity index is 598. The van der Waals surface area contributed by atoms with E-state index < -0.39 is 5.97 Å². The van der Waals surface area contributed by atoms with Gasteiger partial charge >= 0.3 is 5.97 Å². The van der Waals surface area contributed by atoms with Crippen LogP contribution < -0.4 is 4.74 Å². The number of halogens is 1. The van der Waals surface area contributed by atoms with Gasteiger partial charge in [0.1, 0.15) is 5.15 Å². The van der Waals surface area contributed by atoms with Crippen molar-refractivity contribution >= 4 is 17.6 Å². The van der Waals surface area contributed by atoms with E-state index in [1.165, 1.54) is 11.8 Å². The second-order valence-corrected chi connectivity index (χ2v) is 3.89. The van der Waals surface area contributed by atoms with Crippen LogP contribution in [-0.4, -0.2) is 34.5 Å². The molecule has 0 spiro atoms. The Labute approximate surface area is 114 Å². The van der Waals surface area contributed by atoms with Crippen LogP contribution in [0.15, 0.2) is 24.4 Å². The number of pyridine rings is 1. The molecule has 0 radical (unpaired) electrons. The smallest absolute Gasteiger partial charge is 0.341 e. The number of nitrogens with zero attached hydrogens (tertiary/aromatic N) is 3. The third kappa shape index (κ3) is 2.85. The molecular formula is C12H12ClN3O3. The SMILES string of the molecule is CCOC(=O)c1ccc(-n2ccc(OC)n2)nc1Cl. The third-order valence-electron chi connectivity index (χ3n) is 2.34. The molecule has 0 aliphatic rings. The molecule has 0 fully saturated rings. The maximum Gasteiger partial charge on any atom is 0.341 e. The van der Waals surface area contributed by atoms with Crippen LogP contribution in [0.1, 0.15) is 17.3 Å². The summed E-state index contributed by atoms with van der Waals surface area (Å²) < 4.78 is 11.3. The van der Waals surface area contributed by atoms with Gasteiger partial charge in [0, 0.05) is 12.3 Å². The summed E-state index contributed by atoms with van der Waals surface area (Å²) in [6.07, 6.45) is 1.68. The predicted molar refractivity (Wildman–Crippen MR) is 68.9 cm³/mol. The normalized spacial score (nSPS) is 10.3. The van der Waals surface area contributed by atoms with Crippen LogP contribution in [0.5, 0.6) is 5.88 Å². The fraction of sp³-hybridized carbons (Fsp3) is 0.250. The van der Waals surface area contributed by atoms with E-state index in [0.29, 0.717) is 11.7 Å². The first-order valence-electron chi connectivity index (χ1n) is 5.59. The summed E-state index contributed by atoms with van der Waals surface area (Å²) >= 11 is 5.97. The number of ether oxygens (including phenoxy) is 2. The van der Waals surface area contributed by atoms with Gasteiger partial charge in [-0.1, -0.05) is 11.6 Å². The lowest BCUT2D eigenvalue weighted by Crippen LogP contribution is -2.08. The fourth-order valence-electron chi connectivity index (χ4n) is 1.46. The van der Waals surface area contributed by atoms with Gasteiger partial charge in [0.25, 0.3) is 0 Å². The molecule has 0 unspecified atom stereocenters. The van der Waals surface area contributed by atoms with Crippen LogP contribution in [0.4, 0.5) is 0 Å². The van der Waals surface area contributed by atoms with Crippen LogP contribution in [0.2, 0.25) is 5.15 Å². The molecule has 0 bridgehead atoms. The van der Waals surface area contributed by atoms with Gasteiger partial charge in [-0.15, -0.1) is 5.10 Å². The van der Waals surface area contributed by atoms with Crippen molar-refractivity contribution in [3.63, 3.8) is 0 Å². The van der Waals surface area contributed by atoms with Crippen molar-refractivity contribution in [2.45, 2.75) is 6.92 Å². The molecule has 0 N–H and O–H groups in total. The summed E-state index contributed by atoms with van der Waals surface area (Å²) in [5, 5.41) is 4.18. The topological polar surface area (TPSA) is 66.2 Å². The van der Waals surface area contributed by atoms with E-state index in [-0.39, 0.29) is 17.3 Å². The summed E-state index contributed by atoms with van der Waals surface area (Å²) in [6, 6.07) is 4.87. The second kappa shape index (κ2) is 5.71. The first-order chi connectivity index (χ1) is 9.15. The number of rotatable bonds is 4. The number of carbonyl (C=O) groups excluding carboxylic acids is 1. The molecule has 19 heavy (non-hydrogen) atoms. The average molecular weight is 282 g/mol. The highest BCUT2D eigenvalue weighted by Crippen LogP contribution is 2.18. The van der Waals surface area contributed by atoms with Gasteiger partial charge in [-0.3, -0.25) is 0 Å². The zero-order valence-electron chi connectivity index (χ0n) is 10.5. The molecule has 0 aromatic carbocycles. The Hall–Kier alpha value is -2.08. The zero-order chi connectivity index (χ0) is 13.8. The summed E-state index contributed by atoms with van der Waals surface area (Å²) in [5.41, 5.74) is 0.228. The quantitative estimate of drug-likeness (QED) is 0.634. The Kier molecular flexibility index (Phi) is 4.01. The first kappa shape index (κ1) is 13.4. The minimum atomic E-state index is -0.496. The lowest BCUT2D eigenvalue weighted by Gasteiger charge is -2.05. The number of hydrogen-bond acceptors (Lipinski definition) is 5. The van der Waals surface area contributed by atoms with Crippen LogP contribution in [0.3, 0.4) is 0 Å². The highest BCUT2D eigenvalue weighted by atomic mass is 35.5. The van der Waals surface area contributed by atoms with Crippen LogP contribution >= 0.6 is 11.6 Å². The predicted octanol–water partition coefficient (Wildman–Crippen LogP) is 2.11. The van der Waals surface area contributed by atoms with Crippen LogP contribution in [0.25, 0.3) is 5.82 Å². The van der Waals surface area contributed by atoms with Crippen LogP contribution in [-0.2, 0) is 4.74 Å². The van der Waals surface area contributed by atoms with E-state index in [0.717, 1.165) is 0 Å². The molecule has 0 atom stereocenters. The lowest BCUT2D eigenvalue weighted by atomic mass is 10.3. The van der Waals surface area contributed by atoms with Crippen molar-refractivity contribution in [2.24, 2.45) is 0 Å². The van der Waals surface area contributed by atoms with Gasteiger partial charge in [0.15, 0.2) is 5.82 Å². The van der Waals surface area contributed by atoms with Gasteiger partial charge in [0.2, 0.25) is 5.88 Å². The van der Waals surface area contributed by atoms with Gasteiger partial charge in [0.05, 0.1) is 19.3 Å². The summed E-state index contributed by atoms with van der Waals surface area (Å²) in [4.78, 5) is 15.7. The van der Waals surface area contributed by atoms with Gasteiger partial charge < -0.3 is 9.47 Å². The molecule has 0 saturated heterocycles. The number of carbonyl (C=O) groups is 1. The van der Waals surface area contributed by atoms with E-state index >= 15 is 0 Å². The molecule has 0 aliphatic heterocycles. The van der Waals surface area contributed by atoms with Crippen molar-refractivity contribution in [2.75, 3.05) is 13.7 Å². The van der Waals surface area contributed by atoms with E-state index in [1.807, 2.05) is 0 Å². The Morgan fingerprint density at radius 1 is 1.42 bits per heavy atom. The monoisotopic (exact) mass is 281 g/mol. The molecule has 0 aliphatic carbocycles. The van der Waals surface area contributed by atoms with Crippen molar-refractivity contribution in [3.8, 4) is 11.7 Å². The largest absolute Gasteiger partial charge is 0.480 e. The molecule has 6 nitrogen and oxygen atoms in total. The third-order valence-corrected chi connectivity index (χ3v) is 2.63. The van der Waals surface area contributed by atoms with E-state index in [2.05, 4.69) is 10.1 Å². The molecule has 7 heteroatoms. The number of methoxy groups -OCH3 is 1. The summed E-state index contributed by atoms with van der Waals surface area (Å²) in [6.45, 7) is 2.01. The zero-order valence-corrected chi connectivity index (χ0v) is 11.2. The van der Waals surface area contributed by atoms with Gasteiger partial charge in [-0.05, 0) is 19.1 Å². The molecule has 0 saturated carbocycles. The minimum absolute atomic E-state index is 0.0745. The molecule has 0 amide bonds. The second-order valence-electron chi connectivity index (χ2n) is 3.53. The van der Waals surface area contributed by atoms with Crippen molar-refractivity contribution < 1.29 is 14.3 Å². The number of hydrogen-bond donors (Lipinski definition) is 0. The van der Waals surface area contributed by atoms with Gasteiger partial charge in [-0.25, -0.2) is 14.5 Å². The van der Waals surface area contributed by atoms with Gasteiger partial charge in [-0.2, -0.15) is 0 Å². The fourth-order valence-corrected chi connectivity index (χ4v) is 1.68. The van der Waals surface area contributed by atoms with E-state index in [1.54, 1.807) is 31.3 Å². The van der Waals surface area contributed by atoms with Crippen LogP contribution in [0, 0.1) is 0 Å². The summed E-state index contributed by atoms with van der Waals surface area (Å²) in [7, 11) is 1.52.